The standard InChI is InChI=1S/C12H13ClN2O/c1-3-4-8(2)15-12(16)10-7-9(14)5-6-11(10)13/h1,5-8H,4,14H2,2H3,(H,15,16). The second kappa shape index (κ2) is 5.43. The molecule has 3 N–H and O–H groups in total. The summed E-state index contributed by atoms with van der Waals surface area (Å²) in [6.07, 6.45) is 5.63. The van der Waals surface area contributed by atoms with Gasteiger partial charge in [0.15, 0.2) is 0 Å². The van der Waals surface area contributed by atoms with Crippen LogP contribution >= 0.6 is 11.6 Å². The molecule has 1 aromatic rings. The van der Waals surface area contributed by atoms with Gasteiger partial charge < -0.3 is 11.1 Å². The molecule has 0 saturated heterocycles. The first-order valence-electron chi connectivity index (χ1n) is 4.84. The van der Waals surface area contributed by atoms with E-state index in [1.807, 2.05) is 6.92 Å². The molecule has 0 aliphatic heterocycles. The van der Waals surface area contributed by atoms with Crippen molar-refractivity contribution in [2.45, 2.75) is 19.4 Å². The number of nitrogens with two attached hydrogens (primary N) is 1. The van der Waals surface area contributed by atoms with E-state index in [-0.39, 0.29) is 11.9 Å². The Morgan fingerprint density at radius 2 is 2.38 bits per heavy atom. The van der Waals surface area contributed by atoms with Gasteiger partial charge in [-0.2, -0.15) is 0 Å². The van der Waals surface area contributed by atoms with E-state index < -0.39 is 0 Å². The summed E-state index contributed by atoms with van der Waals surface area (Å²) in [7, 11) is 0. The number of benzene rings is 1. The van der Waals surface area contributed by atoms with E-state index in [0.717, 1.165) is 0 Å². The summed E-state index contributed by atoms with van der Waals surface area (Å²) < 4.78 is 0. The molecule has 0 heterocycles. The second-order valence-corrected chi connectivity index (χ2v) is 3.93. The fraction of sp³-hybridized carbons (Fsp3) is 0.250. The number of nitrogen functional groups attached to an aromatic ring is 1. The predicted octanol–water partition coefficient (Wildman–Crippen LogP) is 2.06. The van der Waals surface area contributed by atoms with Gasteiger partial charge in [0.05, 0.1) is 10.6 Å². The van der Waals surface area contributed by atoms with E-state index >= 15 is 0 Å². The Kier molecular flexibility index (Phi) is 4.21. The van der Waals surface area contributed by atoms with Crippen LogP contribution in [0.1, 0.15) is 23.7 Å². The number of terminal acetylenes is 1. The van der Waals surface area contributed by atoms with Crippen molar-refractivity contribution >= 4 is 23.2 Å². The summed E-state index contributed by atoms with van der Waals surface area (Å²) >= 11 is 5.89. The number of anilines is 1. The summed E-state index contributed by atoms with van der Waals surface area (Å²) in [5.74, 6) is 2.21. The molecule has 0 aromatic heterocycles. The van der Waals surface area contributed by atoms with Gasteiger partial charge >= 0.3 is 0 Å². The number of halogens is 1. The van der Waals surface area contributed by atoms with Crippen molar-refractivity contribution in [2.24, 2.45) is 0 Å². The number of rotatable bonds is 3. The van der Waals surface area contributed by atoms with Gasteiger partial charge in [0, 0.05) is 18.2 Å². The zero-order chi connectivity index (χ0) is 12.1. The molecule has 1 atom stereocenters. The SMILES string of the molecule is C#CCC(C)NC(=O)c1cc(N)ccc1Cl. The third kappa shape index (κ3) is 3.18. The molecule has 0 saturated carbocycles. The van der Waals surface area contributed by atoms with Crippen molar-refractivity contribution < 1.29 is 4.79 Å². The van der Waals surface area contributed by atoms with Crippen LogP contribution in [0, 0.1) is 12.3 Å². The minimum absolute atomic E-state index is 0.0880. The number of nitrogens with one attached hydrogen (secondary N) is 1. The van der Waals surface area contributed by atoms with Crippen LogP contribution in [-0.2, 0) is 0 Å². The monoisotopic (exact) mass is 236 g/mol. The van der Waals surface area contributed by atoms with E-state index in [9.17, 15) is 4.79 Å². The third-order valence-electron chi connectivity index (χ3n) is 2.04. The number of hydrogen-bond donors (Lipinski definition) is 2. The Labute approximate surface area is 100.0 Å². The summed E-state index contributed by atoms with van der Waals surface area (Å²) in [5, 5.41) is 3.12. The first-order chi connectivity index (χ1) is 7.54. The third-order valence-corrected chi connectivity index (χ3v) is 2.37. The maximum Gasteiger partial charge on any atom is 0.253 e. The molecule has 0 spiro atoms. The lowest BCUT2D eigenvalue weighted by Gasteiger charge is -2.12. The Bertz CT molecular complexity index is 437. The predicted molar refractivity (Wildman–Crippen MR) is 66.2 cm³/mol. The first-order valence-corrected chi connectivity index (χ1v) is 5.21. The highest BCUT2D eigenvalue weighted by atomic mass is 35.5. The van der Waals surface area contributed by atoms with Crippen LogP contribution in [0.3, 0.4) is 0 Å². The van der Waals surface area contributed by atoms with Crippen LogP contribution < -0.4 is 11.1 Å². The Balaban J connectivity index is 2.81. The Hall–Kier alpha value is -1.66. The Morgan fingerprint density at radius 3 is 3.00 bits per heavy atom. The van der Waals surface area contributed by atoms with Gasteiger partial charge in [-0.15, -0.1) is 12.3 Å². The zero-order valence-electron chi connectivity index (χ0n) is 8.96. The van der Waals surface area contributed by atoms with Crippen molar-refractivity contribution in [3.8, 4) is 12.3 Å². The van der Waals surface area contributed by atoms with Crippen molar-refractivity contribution in [1.82, 2.24) is 5.32 Å². The van der Waals surface area contributed by atoms with Crippen LogP contribution in [0.5, 0.6) is 0 Å². The molecule has 1 unspecified atom stereocenters. The van der Waals surface area contributed by atoms with Gasteiger partial charge in [-0.1, -0.05) is 11.6 Å². The summed E-state index contributed by atoms with van der Waals surface area (Å²) in [5.41, 5.74) is 6.45. The molecule has 0 aliphatic rings. The molecule has 0 bridgehead atoms. The number of hydrogen-bond acceptors (Lipinski definition) is 2. The number of carbonyl (C=O) groups excluding carboxylic acids is 1. The van der Waals surface area contributed by atoms with Crippen molar-refractivity contribution in [2.75, 3.05) is 5.73 Å². The van der Waals surface area contributed by atoms with Crippen LogP contribution in [0.4, 0.5) is 5.69 Å². The lowest BCUT2D eigenvalue weighted by molar-refractivity contribution is 0.0941. The molecule has 4 heteroatoms. The molecule has 1 amide bonds. The quantitative estimate of drug-likeness (QED) is 0.624. The van der Waals surface area contributed by atoms with Crippen LogP contribution in [0.15, 0.2) is 18.2 Å². The van der Waals surface area contributed by atoms with Crippen LogP contribution in [0.25, 0.3) is 0 Å². The first kappa shape index (κ1) is 12.4. The van der Waals surface area contributed by atoms with Gasteiger partial charge in [0.25, 0.3) is 5.91 Å². The average molecular weight is 237 g/mol. The van der Waals surface area contributed by atoms with E-state index in [1.54, 1.807) is 18.2 Å². The molecule has 3 nitrogen and oxygen atoms in total. The molecule has 1 rings (SSSR count). The Morgan fingerprint density at radius 1 is 1.69 bits per heavy atom. The highest BCUT2D eigenvalue weighted by Gasteiger charge is 2.12. The lowest BCUT2D eigenvalue weighted by atomic mass is 10.1. The summed E-state index contributed by atoms with van der Waals surface area (Å²) in [4.78, 5) is 11.8. The summed E-state index contributed by atoms with van der Waals surface area (Å²) in [6, 6.07) is 4.69. The van der Waals surface area contributed by atoms with E-state index in [1.165, 1.54) is 0 Å². The molecule has 16 heavy (non-hydrogen) atoms. The normalized spacial score (nSPS) is 11.6. The average Bonchev–Trinajstić information content (AvgIpc) is 2.21. The van der Waals surface area contributed by atoms with Gasteiger partial charge in [-0.25, -0.2) is 0 Å². The molecule has 0 radical (unpaired) electrons. The van der Waals surface area contributed by atoms with Crippen LogP contribution in [0.2, 0.25) is 5.02 Å². The van der Waals surface area contributed by atoms with Crippen LogP contribution in [-0.4, -0.2) is 11.9 Å². The van der Waals surface area contributed by atoms with E-state index in [2.05, 4.69) is 11.2 Å². The largest absolute Gasteiger partial charge is 0.399 e. The maximum absolute atomic E-state index is 11.8. The minimum Gasteiger partial charge on any atom is -0.399 e. The smallest absolute Gasteiger partial charge is 0.253 e. The highest BCUT2D eigenvalue weighted by molar-refractivity contribution is 6.34. The molecule has 84 valence electrons. The molecule has 0 fully saturated rings. The topological polar surface area (TPSA) is 55.1 Å². The van der Waals surface area contributed by atoms with Gasteiger partial charge in [0.1, 0.15) is 0 Å². The van der Waals surface area contributed by atoms with Gasteiger partial charge in [-0.05, 0) is 25.1 Å². The zero-order valence-corrected chi connectivity index (χ0v) is 9.71. The van der Waals surface area contributed by atoms with E-state index in [0.29, 0.717) is 22.7 Å². The molecular formula is C12H13ClN2O. The molecule has 0 aliphatic carbocycles. The van der Waals surface area contributed by atoms with Gasteiger partial charge in [-0.3, -0.25) is 4.79 Å². The fourth-order valence-corrected chi connectivity index (χ4v) is 1.45. The minimum atomic E-state index is -0.264. The highest BCUT2D eigenvalue weighted by Crippen LogP contribution is 2.18. The fourth-order valence-electron chi connectivity index (χ4n) is 1.25. The number of carbonyl (C=O) groups is 1. The lowest BCUT2D eigenvalue weighted by Crippen LogP contribution is -2.32. The van der Waals surface area contributed by atoms with E-state index in [4.69, 9.17) is 23.8 Å². The molecule has 1 aromatic carbocycles. The van der Waals surface area contributed by atoms with Crippen molar-refractivity contribution in [3.05, 3.63) is 28.8 Å². The molecular weight excluding hydrogens is 224 g/mol. The number of amides is 1. The van der Waals surface area contributed by atoms with Crippen molar-refractivity contribution in [3.63, 3.8) is 0 Å². The second-order valence-electron chi connectivity index (χ2n) is 3.52. The van der Waals surface area contributed by atoms with Gasteiger partial charge in [0.2, 0.25) is 0 Å². The maximum atomic E-state index is 11.8. The summed E-state index contributed by atoms with van der Waals surface area (Å²) in [6.45, 7) is 1.83. The van der Waals surface area contributed by atoms with Crippen molar-refractivity contribution in [1.29, 1.82) is 0 Å².